The minimum atomic E-state index is -5.08. The number of halogens is 3. The fourth-order valence-electron chi connectivity index (χ4n) is 4.91. The Bertz CT molecular complexity index is 2010. The number of nitrogens with zero attached hydrogens (tertiary/aromatic N) is 10. The molecule has 0 atom stereocenters. The maximum absolute atomic E-state index is 10.6. The predicted molar refractivity (Wildman–Crippen MR) is 165 cm³/mol. The van der Waals surface area contributed by atoms with Gasteiger partial charge in [-0.1, -0.05) is 12.1 Å². The monoisotopic (exact) mass is 647 g/mol. The van der Waals surface area contributed by atoms with Crippen LogP contribution in [0.2, 0.25) is 0 Å². The molecule has 47 heavy (non-hydrogen) atoms. The highest BCUT2D eigenvalue weighted by atomic mass is 19.4. The zero-order valence-electron chi connectivity index (χ0n) is 25.1. The maximum atomic E-state index is 10.6. The number of morpholine rings is 1. The summed E-state index contributed by atoms with van der Waals surface area (Å²) in [4.78, 5) is 25.0. The average Bonchev–Trinajstić information content (AvgIpc) is 3.83. The number of anilines is 3. The van der Waals surface area contributed by atoms with Gasteiger partial charge in [0.05, 0.1) is 36.8 Å². The van der Waals surface area contributed by atoms with E-state index in [0.29, 0.717) is 25.1 Å². The van der Waals surface area contributed by atoms with E-state index in [0.717, 1.165) is 57.6 Å². The molecule has 6 aromatic rings. The smallest absolute Gasteiger partial charge is 0.475 e. The van der Waals surface area contributed by atoms with Crippen LogP contribution in [0.15, 0.2) is 73.7 Å². The van der Waals surface area contributed by atoms with Gasteiger partial charge in [-0.2, -0.15) is 28.4 Å². The molecule has 0 aliphatic carbocycles. The number of hydrogen-bond donors (Lipinski definition) is 2. The van der Waals surface area contributed by atoms with Crippen LogP contribution in [0.3, 0.4) is 0 Å². The van der Waals surface area contributed by atoms with Crippen LogP contribution >= 0.6 is 0 Å². The van der Waals surface area contributed by atoms with E-state index < -0.39 is 12.1 Å². The van der Waals surface area contributed by atoms with Crippen LogP contribution in [-0.2, 0) is 23.6 Å². The SMILES string of the molecule is Cn1cc(-c2ccc3cnc(Nc4ccc(-n5cnc(N6CCOCC6)n5)cc4)nc3c2-c2cnn(C)c2)cn1.O=C(O)C(F)(F)F. The van der Waals surface area contributed by atoms with Crippen molar-refractivity contribution < 1.29 is 27.8 Å². The molecule has 0 spiro atoms. The number of hydrogen-bond acceptors (Lipinski definition) is 10. The third-order valence-corrected chi connectivity index (χ3v) is 7.17. The lowest BCUT2D eigenvalue weighted by Gasteiger charge is -2.25. The summed E-state index contributed by atoms with van der Waals surface area (Å²) in [6.45, 7) is 2.98. The Morgan fingerprint density at radius 2 is 1.57 bits per heavy atom. The Kier molecular flexibility index (Phi) is 8.53. The Morgan fingerprint density at radius 3 is 2.19 bits per heavy atom. The van der Waals surface area contributed by atoms with E-state index in [1.54, 1.807) is 20.4 Å². The van der Waals surface area contributed by atoms with Crippen molar-refractivity contribution in [3.05, 3.63) is 73.7 Å². The first kappa shape index (κ1) is 31.2. The van der Waals surface area contributed by atoms with Gasteiger partial charge in [-0.25, -0.2) is 19.4 Å². The van der Waals surface area contributed by atoms with Gasteiger partial charge in [0.1, 0.15) is 6.33 Å². The fraction of sp³-hybridized carbons (Fsp3) is 0.233. The molecule has 0 bridgehead atoms. The number of alkyl halides is 3. The molecule has 2 N–H and O–H groups in total. The molecule has 17 heteroatoms. The lowest BCUT2D eigenvalue weighted by atomic mass is 9.95. The molecule has 0 unspecified atom stereocenters. The summed E-state index contributed by atoms with van der Waals surface area (Å²) in [7, 11) is 3.82. The van der Waals surface area contributed by atoms with E-state index in [9.17, 15) is 13.2 Å². The van der Waals surface area contributed by atoms with Crippen LogP contribution < -0.4 is 10.2 Å². The quantitative estimate of drug-likeness (QED) is 0.267. The lowest BCUT2D eigenvalue weighted by Crippen LogP contribution is -2.37. The van der Waals surface area contributed by atoms with Crippen LogP contribution in [-0.4, -0.2) is 87.8 Å². The average molecular weight is 648 g/mol. The second kappa shape index (κ2) is 12.9. The number of carboxylic acids is 1. The number of aliphatic carboxylic acids is 1. The lowest BCUT2D eigenvalue weighted by molar-refractivity contribution is -0.192. The summed E-state index contributed by atoms with van der Waals surface area (Å²) in [6, 6.07) is 12.1. The summed E-state index contributed by atoms with van der Waals surface area (Å²) in [6.07, 6.45) is 6.21. The molecule has 2 aromatic carbocycles. The minimum Gasteiger partial charge on any atom is -0.475 e. The number of fused-ring (bicyclic) bond motifs is 1. The van der Waals surface area contributed by atoms with E-state index in [2.05, 4.69) is 41.5 Å². The molecule has 7 rings (SSSR count). The minimum absolute atomic E-state index is 0.504. The Balaban J connectivity index is 0.000000499. The Labute approximate surface area is 265 Å². The number of carbonyl (C=O) groups is 1. The number of aromatic nitrogens is 9. The highest BCUT2D eigenvalue weighted by molar-refractivity contribution is 6.01. The van der Waals surface area contributed by atoms with Gasteiger partial charge in [0.25, 0.3) is 0 Å². The maximum Gasteiger partial charge on any atom is 0.490 e. The van der Waals surface area contributed by atoms with Gasteiger partial charge >= 0.3 is 12.1 Å². The van der Waals surface area contributed by atoms with E-state index in [-0.39, 0.29) is 0 Å². The molecule has 1 aliphatic rings. The standard InChI is InChI=1S/C28H27N11O.C2HF3O2/c1-36-16-20(14-31-36)24-8-3-19-13-29-27(34-26(19)25(24)21-15-32-37(2)17-21)33-22-4-6-23(7-5-22)39-18-30-28(35-39)38-9-11-40-12-10-38;3-2(4,5)1(6)7/h3-8,13-18H,9-12H2,1-2H3,(H,29,33,34);(H,6,7). The zero-order valence-corrected chi connectivity index (χ0v) is 25.1. The van der Waals surface area contributed by atoms with Crippen LogP contribution in [0.1, 0.15) is 0 Å². The van der Waals surface area contributed by atoms with Crippen molar-refractivity contribution >= 4 is 34.5 Å². The van der Waals surface area contributed by atoms with Gasteiger partial charge < -0.3 is 20.1 Å². The molecule has 1 fully saturated rings. The third-order valence-electron chi connectivity index (χ3n) is 7.17. The summed E-state index contributed by atoms with van der Waals surface area (Å²) < 4.78 is 42.5. The number of carboxylic acid groups (broad SMARTS) is 1. The largest absolute Gasteiger partial charge is 0.490 e. The molecule has 1 saturated heterocycles. The first-order valence-electron chi connectivity index (χ1n) is 14.2. The second-order valence-corrected chi connectivity index (χ2v) is 10.5. The van der Waals surface area contributed by atoms with Gasteiger partial charge in [-0.3, -0.25) is 9.36 Å². The van der Waals surface area contributed by atoms with Gasteiger partial charge in [0.15, 0.2) is 0 Å². The fourth-order valence-corrected chi connectivity index (χ4v) is 4.91. The molecule has 0 saturated carbocycles. The highest BCUT2D eigenvalue weighted by Crippen LogP contribution is 2.37. The van der Waals surface area contributed by atoms with Crippen LogP contribution in [0.25, 0.3) is 38.8 Å². The first-order valence-corrected chi connectivity index (χ1v) is 14.2. The molecule has 242 valence electrons. The molecule has 0 amide bonds. The number of ether oxygens (including phenoxy) is 1. The summed E-state index contributed by atoms with van der Waals surface area (Å²) in [5.74, 6) is -1.54. The van der Waals surface area contributed by atoms with Gasteiger partial charge in [0.2, 0.25) is 11.9 Å². The number of benzene rings is 2. The number of rotatable bonds is 6. The van der Waals surface area contributed by atoms with E-state index in [4.69, 9.17) is 19.6 Å². The van der Waals surface area contributed by atoms with Crippen LogP contribution in [0, 0.1) is 0 Å². The van der Waals surface area contributed by atoms with Crippen molar-refractivity contribution in [3.8, 4) is 27.9 Å². The van der Waals surface area contributed by atoms with Gasteiger partial charge in [-0.15, -0.1) is 5.10 Å². The topological polar surface area (TPSA) is 154 Å². The molecule has 5 heterocycles. The van der Waals surface area contributed by atoms with Gasteiger partial charge in [0, 0.05) is 73.5 Å². The Hall–Kier alpha value is -5.84. The third kappa shape index (κ3) is 7.04. The highest BCUT2D eigenvalue weighted by Gasteiger charge is 2.38. The van der Waals surface area contributed by atoms with E-state index in [1.807, 2.05) is 75.4 Å². The molecule has 14 nitrogen and oxygen atoms in total. The van der Waals surface area contributed by atoms with Crippen LogP contribution in [0.4, 0.5) is 30.8 Å². The number of nitrogens with one attached hydrogen (secondary N) is 1. The van der Waals surface area contributed by atoms with E-state index in [1.165, 1.54) is 0 Å². The van der Waals surface area contributed by atoms with Crippen LogP contribution in [0.5, 0.6) is 0 Å². The summed E-state index contributed by atoms with van der Waals surface area (Å²) in [5, 5.41) is 24.8. The summed E-state index contributed by atoms with van der Waals surface area (Å²) >= 11 is 0. The molecule has 1 aliphatic heterocycles. The van der Waals surface area contributed by atoms with Crippen molar-refractivity contribution in [2.45, 2.75) is 6.18 Å². The normalized spacial score (nSPS) is 13.3. The second-order valence-electron chi connectivity index (χ2n) is 10.5. The van der Waals surface area contributed by atoms with Crippen molar-refractivity contribution in [2.24, 2.45) is 14.1 Å². The molecule has 4 aromatic heterocycles. The van der Waals surface area contributed by atoms with Crippen molar-refractivity contribution in [2.75, 3.05) is 36.5 Å². The number of aryl methyl sites for hydroxylation is 2. The summed E-state index contributed by atoms with van der Waals surface area (Å²) in [5.41, 5.74) is 6.62. The van der Waals surface area contributed by atoms with Crippen molar-refractivity contribution in [1.82, 2.24) is 44.3 Å². The van der Waals surface area contributed by atoms with Crippen molar-refractivity contribution in [3.63, 3.8) is 0 Å². The predicted octanol–water partition coefficient (Wildman–Crippen LogP) is 4.23. The van der Waals surface area contributed by atoms with E-state index >= 15 is 0 Å². The zero-order chi connectivity index (χ0) is 33.1. The van der Waals surface area contributed by atoms with Crippen molar-refractivity contribution in [1.29, 1.82) is 0 Å². The molecular formula is C30H28F3N11O3. The Morgan fingerprint density at radius 1 is 0.915 bits per heavy atom. The molecule has 0 radical (unpaired) electrons. The van der Waals surface area contributed by atoms with Gasteiger partial charge in [-0.05, 0) is 29.8 Å². The molecular weight excluding hydrogens is 619 g/mol. The first-order chi connectivity index (χ1) is 22.5.